The van der Waals surface area contributed by atoms with Gasteiger partial charge in [0, 0.05) is 18.0 Å². The van der Waals surface area contributed by atoms with E-state index < -0.39 is 0 Å². The van der Waals surface area contributed by atoms with Crippen LogP contribution in [-0.4, -0.2) is 11.8 Å². The van der Waals surface area contributed by atoms with E-state index in [-0.39, 0.29) is 5.91 Å². The third-order valence-corrected chi connectivity index (χ3v) is 6.14. The Morgan fingerprint density at radius 2 is 1.93 bits per heavy atom. The number of rotatable bonds is 5. The van der Waals surface area contributed by atoms with Crippen LogP contribution in [0.4, 0.5) is 5.69 Å². The first kappa shape index (κ1) is 18.3. The Morgan fingerprint density at radius 3 is 2.74 bits per heavy atom. The highest BCUT2D eigenvalue weighted by atomic mass is 35.5. The summed E-state index contributed by atoms with van der Waals surface area (Å²) in [6.45, 7) is 2.30. The Labute approximate surface area is 165 Å². The van der Waals surface area contributed by atoms with Crippen molar-refractivity contribution in [2.45, 2.75) is 51.4 Å². The summed E-state index contributed by atoms with van der Waals surface area (Å²) in [5.41, 5.74) is 3.95. The zero-order chi connectivity index (χ0) is 18.8. The lowest BCUT2D eigenvalue weighted by atomic mass is 9.78. The zero-order valence-electron chi connectivity index (χ0n) is 15.9. The van der Waals surface area contributed by atoms with Crippen LogP contribution in [0.15, 0.2) is 42.5 Å². The molecule has 140 valence electrons. The van der Waals surface area contributed by atoms with Gasteiger partial charge in [-0.2, -0.15) is 0 Å². The molecule has 3 heteroatoms. The third kappa shape index (κ3) is 3.55. The molecular formula is C24H26ClNO. The van der Waals surface area contributed by atoms with Crippen LogP contribution in [-0.2, 0) is 11.2 Å². The van der Waals surface area contributed by atoms with E-state index in [9.17, 15) is 4.79 Å². The second-order valence-electron chi connectivity index (χ2n) is 7.57. The van der Waals surface area contributed by atoms with Crippen LogP contribution in [0.3, 0.4) is 0 Å². The third-order valence-electron chi connectivity index (χ3n) is 5.87. The molecule has 0 bridgehead atoms. The summed E-state index contributed by atoms with van der Waals surface area (Å²) in [5.74, 6) is 1.21. The molecule has 1 amide bonds. The van der Waals surface area contributed by atoms with Gasteiger partial charge in [-0.15, -0.1) is 11.6 Å². The highest BCUT2D eigenvalue weighted by molar-refractivity contribution is 6.18. The lowest BCUT2D eigenvalue weighted by molar-refractivity contribution is -0.116. The minimum Gasteiger partial charge on any atom is -0.326 e. The van der Waals surface area contributed by atoms with Crippen molar-refractivity contribution < 1.29 is 4.79 Å². The van der Waals surface area contributed by atoms with Gasteiger partial charge in [0.1, 0.15) is 0 Å². The molecule has 2 nitrogen and oxygen atoms in total. The first-order valence-electron chi connectivity index (χ1n) is 10.1. The Kier molecular flexibility index (Phi) is 5.36. The fraction of sp³-hybridized carbons (Fsp3) is 0.375. The number of carbonyl (C=O) groups excluding carboxylic acids is 1. The molecule has 1 aliphatic rings. The highest BCUT2D eigenvalue weighted by Gasteiger charge is 2.21. The van der Waals surface area contributed by atoms with Crippen molar-refractivity contribution in [2.75, 3.05) is 11.2 Å². The molecule has 0 heterocycles. The molecule has 1 atom stereocenters. The van der Waals surface area contributed by atoms with E-state index in [1.54, 1.807) is 5.56 Å². The van der Waals surface area contributed by atoms with Gasteiger partial charge in [0.05, 0.1) is 0 Å². The van der Waals surface area contributed by atoms with Crippen molar-refractivity contribution in [1.82, 2.24) is 0 Å². The maximum atomic E-state index is 12.0. The molecule has 0 saturated carbocycles. The normalized spacial score (nSPS) is 16.4. The van der Waals surface area contributed by atoms with Crippen molar-refractivity contribution >= 4 is 44.7 Å². The molecule has 0 radical (unpaired) electrons. The van der Waals surface area contributed by atoms with Gasteiger partial charge in [0.2, 0.25) is 5.91 Å². The first-order valence-corrected chi connectivity index (χ1v) is 10.6. The number of carbonyl (C=O) groups is 1. The predicted octanol–water partition coefficient (Wildman–Crippen LogP) is 6.78. The summed E-state index contributed by atoms with van der Waals surface area (Å²) >= 11 is 5.67. The van der Waals surface area contributed by atoms with Crippen molar-refractivity contribution in [2.24, 2.45) is 0 Å². The number of benzene rings is 3. The van der Waals surface area contributed by atoms with Crippen LogP contribution in [0.2, 0.25) is 0 Å². The van der Waals surface area contributed by atoms with Crippen LogP contribution in [0.5, 0.6) is 0 Å². The lowest BCUT2D eigenvalue weighted by Crippen LogP contribution is -2.11. The summed E-state index contributed by atoms with van der Waals surface area (Å²) in [4.78, 5) is 12.0. The van der Waals surface area contributed by atoms with Crippen LogP contribution in [0.25, 0.3) is 21.5 Å². The van der Waals surface area contributed by atoms with Crippen LogP contribution in [0.1, 0.15) is 56.1 Å². The number of alkyl halides is 1. The monoisotopic (exact) mass is 379 g/mol. The Bertz CT molecular complexity index is 994. The largest absolute Gasteiger partial charge is 0.326 e. The molecule has 3 aromatic carbocycles. The molecule has 1 unspecified atom stereocenters. The molecule has 4 rings (SSSR count). The van der Waals surface area contributed by atoms with Gasteiger partial charge in [-0.1, -0.05) is 37.3 Å². The molecule has 1 N–H and O–H groups in total. The smallest absolute Gasteiger partial charge is 0.224 e. The second-order valence-corrected chi connectivity index (χ2v) is 7.95. The molecule has 27 heavy (non-hydrogen) atoms. The van der Waals surface area contributed by atoms with E-state index in [0.29, 0.717) is 24.6 Å². The number of hydrogen-bond donors (Lipinski definition) is 1. The van der Waals surface area contributed by atoms with Crippen molar-refractivity contribution in [3.05, 3.63) is 53.6 Å². The van der Waals surface area contributed by atoms with Crippen LogP contribution >= 0.6 is 11.6 Å². The average molecular weight is 380 g/mol. The number of aryl methyl sites for hydroxylation is 1. The fourth-order valence-corrected chi connectivity index (χ4v) is 4.67. The topological polar surface area (TPSA) is 29.1 Å². The summed E-state index contributed by atoms with van der Waals surface area (Å²) in [6.07, 6.45) is 6.18. The predicted molar refractivity (Wildman–Crippen MR) is 116 cm³/mol. The van der Waals surface area contributed by atoms with E-state index >= 15 is 0 Å². The van der Waals surface area contributed by atoms with Gasteiger partial charge in [-0.25, -0.2) is 0 Å². The summed E-state index contributed by atoms with van der Waals surface area (Å²) in [6, 6.07) is 15.3. The molecule has 0 spiro atoms. The van der Waals surface area contributed by atoms with E-state index in [1.807, 2.05) is 6.07 Å². The minimum atomic E-state index is 0.0237. The van der Waals surface area contributed by atoms with Gasteiger partial charge in [0.15, 0.2) is 0 Å². The Balaban J connectivity index is 1.75. The Morgan fingerprint density at radius 1 is 1.11 bits per heavy atom. The van der Waals surface area contributed by atoms with Gasteiger partial charge in [-0.05, 0) is 82.8 Å². The first-order chi connectivity index (χ1) is 13.2. The lowest BCUT2D eigenvalue weighted by Gasteiger charge is -2.26. The molecule has 0 aromatic heterocycles. The fourth-order valence-electron chi connectivity index (χ4n) is 4.54. The quantitative estimate of drug-likeness (QED) is 0.384. The number of halogens is 1. The second kappa shape index (κ2) is 7.90. The average Bonchev–Trinajstić information content (AvgIpc) is 2.70. The molecule has 0 saturated heterocycles. The zero-order valence-corrected chi connectivity index (χ0v) is 16.6. The number of hydrogen-bond acceptors (Lipinski definition) is 1. The van der Waals surface area contributed by atoms with Gasteiger partial charge in [-0.3, -0.25) is 4.79 Å². The highest BCUT2D eigenvalue weighted by Crippen LogP contribution is 2.40. The van der Waals surface area contributed by atoms with Gasteiger partial charge in [0.25, 0.3) is 0 Å². The summed E-state index contributed by atoms with van der Waals surface area (Å²) in [5, 5.41) is 8.15. The summed E-state index contributed by atoms with van der Waals surface area (Å²) < 4.78 is 0. The minimum absolute atomic E-state index is 0.0237. The number of fused-ring (bicyclic) bond motifs is 5. The van der Waals surface area contributed by atoms with E-state index in [2.05, 4.69) is 48.6 Å². The van der Waals surface area contributed by atoms with E-state index in [1.165, 1.54) is 52.8 Å². The van der Waals surface area contributed by atoms with Crippen LogP contribution in [0, 0.1) is 0 Å². The van der Waals surface area contributed by atoms with Gasteiger partial charge < -0.3 is 5.32 Å². The summed E-state index contributed by atoms with van der Waals surface area (Å²) in [7, 11) is 0. The molecule has 0 aliphatic heterocycles. The maximum Gasteiger partial charge on any atom is 0.224 e. The Hall–Kier alpha value is -2.06. The molecule has 0 fully saturated rings. The standard InChI is InChI=1S/C24H26ClNO/c1-2-16-5-3-6-17-8-11-21-20-13-10-19(26-23(27)7-4-14-25)15-18(20)9-12-22(21)24(16)17/h8-13,15-16H,2-7,14H2,1H3,(H,26,27). The number of anilines is 1. The van der Waals surface area contributed by atoms with E-state index in [4.69, 9.17) is 11.6 Å². The molecule has 1 aliphatic carbocycles. The van der Waals surface area contributed by atoms with Crippen molar-refractivity contribution in [3.8, 4) is 0 Å². The number of amides is 1. The molecular weight excluding hydrogens is 354 g/mol. The van der Waals surface area contributed by atoms with Crippen molar-refractivity contribution in [3.63, 3.8) is 0 Å². The SMILES string of the molecule is CCC1CCCc2ccc3c(ccc4cc(NC(=O)CCCCl)ccc43)c21. The maximum absolute atomic E-state index is 12.0. The van der Waals surface area contributed by atoms with Gasteiger partial charge >= 0.3 is 0 Å². The van der Waals surface area contributed by atoms with Crippen LogP contribution < -0.4 is 5.32 Å². The van der Waals surface area contributed by atoms with Crippen molar-refractivity contribution in [1.29, 1.82) is 0 Å². The number of nitrogens with one attached hydrogen (secondary N) is 1. The van der Waals surface area contributed by atoms with E-state index in [0.717, 1.165) is 5.69 Å². The molecule has 3 aromatic rings.